The molecule has 1 saturated heterocycles. The molecule has 1 aliphatic carbocycles. The summed E-state index contributed by atoms with van der Waals surface area (Å²) in [7, 11) is 2.22. The van der Waals surface area contributed by atoms with Crippen LogP contribution in [0.3, 0.4) is 0 Å². The van der Waals surface area contributed by atoms with Gasteiger partial charge >= 0.3 is 0 Å². The summed E-state index contributed by atoms with van der Waals surface area (Å²) in [5.74, 6) is 0.720. The van der Waals surface area contributed by atoms with Gasteiger partial charge in [-0.15, -0.1) is 0 Å². The van der Waals surface area contributed by atoms with Crippen molar-refractivity contribution in [2.45, 2.75) is 38.1 Å². The van der Waals surface area contributed by atoms with Gasteiger partial charge in [0.25, 0.3) is 0 Å². The monoisotopic (exact) mass is 268 g/mol. The van der Waals surface area contributed by atoms with Crippen LogP contribution >= 0.6 is 0 Å². The zero-order valence-electron chi connectivity index (χ0n) is 12.6. The van der Waals surface area contributed by atoms with Crippen LogP contribution in [-0.2, 0) is 0 Å². The molecule has 2 aliphatic rings. The lowest BCUT2D eigenvalue weighted by Crippen LogP contribution is -2.46. The van der Waals surface area contributed by atoms with Gasteiger partial charge in [0.05, 0.1) is 0 Å². The molecule has 0 aromatic carbocycles. The van der Waals surface area contributed by atoms with Crippen LogP contribution in [0.1, 0.15) is 32.1 Å². The number of nitrogens with two attached hydrogens (primary N) is 1. The maximum atomic E-state index is 5.87. The van der Waals surface area contributed by atoms with Crippen molar-refractivity contribution >= 4 is 0 Å². The van der Waals surface area contributed by atoms with Gasteiger partial charge in [-0.1, -0.05) is 12.8 Å². The molecule has 0 aromatic heterocycles. The predicted octanol–water partition coefficient (Wildman–Crippen LogP) is 0.731. The summed E-state index contributed by atoms with van der Waals surface area (Å²) in [6.07, 6.45) is 6.69. The third-order valence-corrected chi connectivity index (χ3v) is 4.87. The maximum Gasteiger partial charge on any atom is 0.0110 e. The minimum Gasteiger partial charge on any atom is -0.330 e. The molecule has 4 nitrogen and oxygen atoms in total. The van der Waals surface area contributed by atoms with Gasteiger partial charge in [-0.25, -0.2) is 0 Å². The van der Waals surface area contributed by atoms with Crippen LogP contribution in [0.5, 0.6) is 0 Å². The van der Waals surface area contributed by atoms with Gasteiger partial charge in [0.1, 0.15) is 0 Å². The topological polar surface area (TPSA) is 44.5 Å². The Balaban J connectivity index is 1.56. The Morgan fingerprint density at radius 3 is 2.58 bits per heavy atom. The van der Waals surface area contributed by atoms with Crippen molar-refractivity contribution in [3.05, 3.63) is 0 Å². The fourth-order valence-electron chi connectivity index (χ4n) is 3.42. The molecule has 0 amide bonds. The Hall–Kier alpha value is -0.160. The number of nitrogens with one attached hydrogen (secondary N) is 1. The first kappa shape index (κ1) is 15.2. The minimum atomic E-state index is 0.686. The zero-order valence-corrected chi connectivity index (χ0v) is 12.6. The van der Waals surface area contributed by atoms with Crippen LogP contribution < -0.4 is 11.1 Å². The highest BCUT2D eigenvalue weighted by atomic mass is 15.2. The van der Waals surface area contributed by atoms with E-state index in [0.717, 1.165) is 19.0 Å². The van der Waals surface area contributed by atoms with E-state index >= 15 is 0 Å². The fraction of sp³-hybridized carbons (Fsp3) is 1.00. The van der Waals surface area contributed by atoms with E-state index in [9.17, 15) is 0 Å². The molecule has 3 N–H and O–H groups in total. The number of hydrogen-bond donors (Lipinski definition) is 2. The van der Waals surface area contributed by atoms with E-state index in [1.54, 1.807) is 0 Å². The average Bonchev–Trinajstić information content (AvgIpc) is 2.46. The average molecular weight is 268 g/mol. The van der Waals surface area contributed by atoms with Crippen LogP contribution in [0.4, 0.5) is 0 Å². The number of hydrogen-bond acceptors (Lipinski definition) is 4. The van der Waals surface area contributed by atoms with E-state index < -0.39 is 0 Å². The van der Waals surface area contributed by atoms with E-state index in [1.165, 1.54) is 64.8 Å². The third kappa shape index (κ3) is 5.03. The van der Waals surface area contributed by atoms with Crippen LogP contribution in [0.2, 0.25) is 0 Å². The fourth-order valence-corrected chi connectivity index (χ4v) is 3.42. The van der Waals surface area contributed by atoms with Crippen molar-refractivity contribution in [3.8, 4) is 0 Å². The normalized spacial score (nSPS) is 30.6. The van der Waals surface area contributed by atoms with Crippen molar-refractivity contribution < 1.29 is 0 Å². The third-order valence-electron chi connectivity index (χ3n) is 4.87. The van der Waals surface area contributed by atoms with Gasteiger partial charge in [-0.05, 0) is 51.9 Å². The van der Waals surface area contributed by atoms with Gasteiger partial charge in [0, 0.05) is 32.2 Å². The lowest BCUT2D eigenvalue weighted by Gasteiger charge is -2.33. The molecule has 0 bridgehead atoms. The second-order valence-corrected chi connectivity index (χ2v) is 6.34. The second kappa shape index (κ2) is 8.20. The zero-order chi connectivity index (χ0) is 13.5. The molecule has 0 aromatic rings. The largest absolute Gasteiger partial charge is 0.330 e. The summed E-state index contributed by atoms with van der Waals surface area (Å²) in [6.45, 7) is 8.21. The maximum absolute atomic E-state index is 5.87. The Bertz CT molecular complexity index is 238. The van der Waals surface area contributed by atoms with Gasteiger partial charge in [-0.2, -0.15) is 0 Å². The number of rotatable bonds is 6. The first-order valence-electron chi connectivity index (χ1n) is 8.14. The standard InChI is InChI=1S/C15H32N4/c1-18-9-11-19(12-10-18)8-4-7-17-15-6-3-2-5-14(15)13-16/h14-15,17H,2-13,16H2,1H3. The van der Waals surface area contributed by atoms with Crippen LogP contribution in [0.15, 0.2) is 0 Å². The summed E-state index contributed by atoms with van der Waals surface area (Å²) in [4.78, 5) is 5.02. The lowest BCUT2D eigenvalue weighted by molar-refractivity contribution is 0.151. The quantitative estimate of drug-likeness (QED) is 0.697. The molecule has 0 radical (unpaired) electrons. The van der Waals surface area contributed by atoms with Gasteiger partial charge in [0.2, 0.25) is 0 Å². The molecule has 0 spiro atoms. The molecule has 19 heavy (non-hydrogen) atoms. The molecular weight excluding hydrogens is 236 g/mol. The Morgan fingerprint density at radius 2 is 1.84 bits per heavy atom. The highest BCUT2D eigenvalue weighted by Gasteiger charge is 2.23. The van der Waals surface area contributed by atoms with Crippen molar-refractivity contribution in [1.29, 1.82) is 0 Å². The highest BCUT2D eigenvalue weighted by Crippen LogP contribution is 2.23. The van der Waals surface area contributed by atoms with E-state index in [0.29, 0.717) is 6.04 Å². The molecule has 2 atom stereocenters. The number of nitrogens with zero attached hydrogens (tertiary/aromatic N) is 2. The van der Waals surface area contributed by atoms with E-state index in [-0.39, 0.29) is 0 Å². The summed E-state index contributed by atoms with van der Waals surface area (Å²) in [5.41, 5.74) is 5.87. The van der Waals surface area contributed by atoms with Gasteiger partial charge in [0.15, 0.2) is 0 Å². The van der Waals surface area contributed by atoms with Crippen molar-refractivity contribution in [1.82, 2.24) is 15.1 Å². The van der Waals surface area contributed by atoms with Gasteiger partial charge in [-0.3, -0.25) is 0 Å². The summed E-state index contributed by atoms with van der Waals surface area (Å²) < 4.78 is 0. The minimum absolute atomic E-state index is 0.686. The van der Waals surface area contributed by atoms with Crippen molar-refractivity contribution in [2.24, 2.45) is 11.7 Å². The van der Waals surface area contributed by atoms with Crippen LogP contribution in [0, 0.1) is 5.92 Å². The lowest BCUT2D eigenvalue weighted by atomic mass is 9.84. The summed E-state index contributed by atoms with van der Waals surface area (Å²) >= 11 is 0. The van der Waals surface area contributed by atoms with Crippen molar-refractivity contribution in [2.75, 3.05) is 52.9 Å². The molecule has 1 saturated carbocycles. The highest BCUT2D eigenvalue weighted by molar-refractivity contribution is 4.81. The van der Waals surface area contributed by atoms with E-state index in [2.05, 4.69) is 22.2 Å². The summed E-state index contributed by atoms with van der Waals surface area (Å²) in [5, 5.41) is 3.75. The molecule has 1 heterocycles. The SMILES string of the molecule is CN1CCN(CCCNC2CCCCC2CN)CC1. The number of likely N-dealkylation sites (N-methyl/N-ethyl adjacent to an activating group) is 1. The first-order valence-corrected chi connectivity index (χ1v) is 8.14. The second-order valence-electron chi connectivity index (χ2n) is 6.34. The number of piperazine rings is 1. The Labute approximate surface area is 118 Å². The Morgan fingerprint density at radius 1 is 1.11 bits per heavy atom. The van der Waals surface area contributed by atoms with Crippen molar-refractivity contribution in [3.63, 3.8) is 0 Å². The molecule has 2 rings (SSSR count). The van der Waals surface area contributed by atoms with Gasteiger partial charge < -0.3 is 20.9 Å². The predicted molar refractivity (Wildman–Crippen MR) is 81.4 cm³/mol. The van der Waals surface area contributed by atoms with E-state index in [4.69, 9.17) is 5.73 Å². The molecule has 4 heteroatoms. The molecule has 112 valence electrons. The Kier molecular flexibility index (Phi) is 6.57. The molecule has 2 fully saturated rings. The molecular formula is C15H32N4. The molecule has 2 unspecified atom stereocenters. The smallest absolute Gasteiger partial charge is 0.0110 e. The summed E-state index contributed by atoms with van der Waals surface area (Å²) in [6, 6.07) is 0.686. The van der Waals surface area contributed by atoms with E-state index in [1.807, 2.05) is 0 Å². The van der Waals surface area contributed by atoms with Crippen LogP contribution in [0.25, 0.3) is 0 Å². The van der Waals surface area contributed by atoms with Crippen LogP contribution in [-0.4, -0.2) is 68.7 Å². The first-order chi connectivity index (χ1) is 9.29. The molecule has 1 aliphatic heterocycles.